The first-order valence-corrected chi connectivity index (χ1v) is 8.70. The zero-order valence-corrected chi connectivity index (χ0v) is 13.8. The van der Waals surface area contributed by atoms with E-state index in [1.54, 1.807) is 38.1 Å². The Bertz CT molecular complexity index is 476. The molecule has 0 fully saturated rings. The number of hydrogen-bond donors (Lipinski definition) is 0. The molecule has 118 valence electrons. The molecule has 1 aromatic carbocycles. The van der Waals surface area contributed by atoms with Gasteiger partial charge < -0.3 is 13.8 Å². The summed E-state index contributed by atoms with van der Waals surface area (Å²) in [4.78, 5) is 12.2. The van der Waals surface area contributed by atoms with Crippen LogP contribution in [0.5, 0.6) is 0 Å². The molecule has 0 radical (unpaired) electrons. The number of carbonyl (C=O) groups is 1. The van der Waals surface area contributed by atoms with Crippen molar-refractivity contribution in [3.63, 3.8) is 0 Å². The minimum Gasteiger partial charge on any atom is -0.445 e. The summed E-state index contributed by atoms with van der Waals surface area (Å²) in [5, 5.41) is 0. The van der Waals surface area contributed by atoms with Gasteiger partial charge in [-0.15, -0.1) is 0 Å². The highest BCUT2D eigenvalue weighted by Gasteiger charge is 2.41. The molecule has 0 aliphatic carbocycles. The predicted molar refractivity (Wildman–Crippen MR) is 81.3 cm³/mol. The molecule has 0 aliphatic heterocycles. The predicted octanol–water partition coefficient (Wildman–Crippen LogP) is 4.09. The van der Waals surface area contributed by atoms with Gasteiger partial charge in [0.15, 0.2) is 0 Å². The normalized spacial score (nSPS) is 13.2. The third-order valence-corrected chi connectivity index (χ3v) is 5.30. The summed E-state index contributed by atoms with van der Waals surface area (Å²) >= 11 is 0. The highest BCUT2D eigenvalue weighted by molar-refractivity contribution is 7.54. The molecule has 1 atom stereocenters. The minimum atomic E-state index is -3.50. The van der Waals surface area contributed by atoms with Gasteiger partial charge in [0.05, 0.1) is 18.8 Å². The zero-order chi connectivity index (χ0) is 15.9. The monoisotopic (exact) mass is 314 g/mol. The molecule has 0 bridgehead atoms. The number of hydrogen-bond acceptors (Lipinski definition) is 5. The lowest BCUT2D eigenvalue weighted by atomic mass is 10.2. The molecule has 1 unspecified atom stereocenters. The molecule has 0 N–H and O–H groups in total. The fraction of sp³-hybridized carbons (Fsp3) is 0.533. The Morgan fingerprint density at radius 3 is 2.05 bits per heavy atom. The molecule has 21 heavy (non-hydrogen) atoms. The molecule has 0 amide bonds. The number of benzene rings is 1. The Morgan fingerprint density at radius 1 is 1.10 bits per heavy atom. The van der Waals surface area contributed by atoms with Crippen molar-refractivity contribution >= 4 is 13.6 Å². The van der Waals surface area contributed by atoms with Crippen molar-refractivity contribution in [3.05, 3.63) is 35.9 Å². The second-order valence-corrected chi connectivity index (χ2v) is 6.89. The van der Waals surface area contributed by atoms with Gasteiger partial charge in [-0.1, -0.05) is 32.0 Å². The summed E-state index contributed by atoms with van der Waals surface area (Å²) in [7, 11) is -3.50. The Labute approximate surface area is 126 Å². The van der Waals surface area contributed by atoms with Crippen molar-refractivity contribution in [3.8, 4) is 0 Å². The Balaban J connectivity index is 2.96. The van der Waals surface area contributed by atoms with Gasteiger partial charge in [0.25, 0.3) is 0 Å². The van der Waals surface area contributed by atoms with Crippen LogP contribution in [-0.4, -0.2) is 25.0 Å². The lowest BCUT2D eigenvalue weighted by Crippen LogP contribution is -2.26. The van der Waals surface area contributed by atoms with Gasteiger partial charge in [0, 0.05) is 5.92 Å². The quantitative estimate of drug-likeness (QED) is 0.534. The second-order valence-electron chi connectivity index (χ2n) is 4.78. The maximum atomic E-state index is 12.8. The van der Waals surface area contributed by atoms with Crippen molar-refractivity contribution in [2.45, 2.75) is 33.5 Å². The van der Waals surface area contributed by atoms with E-state index in [2.05, 4.69) is 0 Å². The van der Waals surface area contributed by atoms with Crippen LogP contribution in [0.25, 0.3) is 0 Å². The van der Waals surface area contributed by atoms with Crippen molar-refractivity contribution in [1.29, 1.82) is 0 Å². The minimum absolute atomic E-state index is 0.193. The molecule has 5 nitrogen and oxygen atoms in total. The van der Waals surface area contributed by atoms with Gasteiger partial charge in [0.1, 0.15) is 0 Å². The zero-order valence-electron chi connectivity index (χ0n) is 12.9. The van der Waals surface area contributed by atoms with Crippen molar-refractivity contribution in [2.24, 2.45) is 5.92 Å². The van der Waals surface area contributed by atoms with Crippen LogP contribution in [0.15, 0.2) is 30.3 Å². The summed E-state index contributed by atoms with van der Waals surface area (Å²) in [5.74, 6) is -1.65. The van der Waals surface area contributed by atoms with Crippen LogP contribution in [0.3, 0.4) is 0 Å². The van der Waals surface area contributed by atoms with Gasteiger partial charge in [0.2, 0.25) is 5.85 Å². The third-order valence-electron chi connectivity index (χ3n) is 2.74. The smallest absolute Gasteiger partial charge is 0.371 e. The van der Waals surface area contributed by atoms with Gasteiger partial charge in [-0.25, -0.2) is 4.79 Å². The molecule has 6 heteroatoms. The van der Waals surface area contributed by atoms with Crippen LogP contribution >= 0.6 is 7.60 Å². The first-order valence-electron chi connectivity index (χ1n) is 7.09. The fourth-order valence-electron chi connectivity index (χ4n) is 1.86. The van der Waals surface area contributed by atoms with E-state index in [-0.39, 0.29) is 19.1 Å². The van der Waals surface area contributed by atoms with Crippen molar-refractivity contribution in [1.82, 2.24) is 0 Å². The summed E-state index contributed by atoms with van der Waals surface area (Å²) in [6.45, 7) is 7.53. The molecule has 0 aliphatic rings. The van der Waals surface area contributed by atoms with Gasteiger partial charge in [-0.05, 0) is 26.0 Å². The van der Waals surface area contributed by atoms with E-state index in [1.807, 2.05) is 19.9 Å². The molecule has 0 spiro atoms. The third kappa shape index (κ3) is 4.95. The summed E-state index contributed by atoms with van der Waals surface area (Å²) in [6.07, 6.45) is 0. The number of ether oxygens (including phenoxy) is 1. The van der Waals surface area contributed by atoms with Crippen LogP contribution in [0, 0.1) is 5.92 Å². The van der Waals surface area contributed by atoms with Crippen LogP contribution in [0.2, 0.25) is 0 Å². The van der Waals surface area contributed by atoms with Crippen LogP contribution in [0.1, 0.15) is 38.1 Å². The lowest BCUT2D eigenvalue weighted by molar-refractivity contribution is 0.0279. The van der Waals surface area contributed by atoms with Gasteiger partial charge in [-0.2, -0.15) is 0 Å². The molecule has 0 heterocycles. The van der Waals surface area contributed by atoms with Gasteiger partial charge >= 0.3 is 13.6 Å². The maximum absolute atomic E-state index is 12.8. The van der Waals surface area contributed by atoms with E-state index in [9.17, 15) is 9.36 Å². The van der Waals surface area contributed by atoms with E-state index < -0.39 is 19.4 Å². The topological polar surface area (TPSA) is 61.8 Å². The summed E-state index contributed by atoms with van der Waals surface area (Å²) in [5.41, 5.74) is 0.405. The van der Waals surface area contributed by atoms with E-state index >= 15 is 0 Å². The van der Waals surface area contributed by atoms with E-state index in [0.717, 1.165) is 0 Å². The molecule has 1 aromatic rings. The lowest BCUT2D eigenvalue weighted by Gasteiger charge is -2.28. The Kier molecular flexibility index (Phi) is 7.09. The standard InChI is InChI=1S/C15H23O5P/c1-5-18-21(17,19-6-2)15(12(3)4)20-14(16)13-10-8-7-9-11-13/h7-12,15H,5-6H2,1-4H3. The SMILES string of the molecule is CCOP(=O)(OCC)C(OC(=O)c1ccccc1)C(C)C. The molecule has 0 aromatic heterocycles. The average molecular weight is 314 g/mol. The Morgan fingerprint density at radius 2 is 1.62 bits per heavy atom. The van der Waals surface area contributed by atoms with Crippen LogP contribution in [0.4, 0.5) is 0 Å². The molecule has 0 saturated heterocycles. The Hall–Kier alpha value is -1.16. The van der Waals surface area contributed by atoms with E-state index in [4.69, 9.17) is 13.8 Å². The first kappa shape index (κ1) is 17.9. The summed E-state index contributed by atoms with van der Waals surface area (Å²) in [6, 6.07) is 8.58. The maximum Gasteiger partial charge on any atom is 0.371 e. The molecule has 0 saturated carbocycles. The molecular formula is C15H23O5P. The number of esters is 1. The summed E-state index contributed by atoms with van der Waals surface area (Å²) < 4.78 is 28.8. The fourth-order valence-corrected chi connectivity index (χ4v) is 3.91. The van der Waals surface area contributed by atoms with Crippen molar-refractivity contribution in [2.75, 3.05) is 13.2 Å². The number of rotatable bonds is 8. The largest absolute Gasteiger partial charge is 0.445 e. The van der Waals surface area contributed by atoms with Crippen molar-refractivity contribution < 1.29 is 23.1 Å². The van der Waals surface area contributed by atoms with Gasteiger partial charge in [-0.3, -0.25) is 4.57 Å². The van der Waals surface area contributed by atoms with E-state index in [1.165, 1.54) is 0 Å². The molecular weight excluding hydrogens is 291 g/mol. The van der Waals surface area contributed by atoms with Crippen LogP contribution in [-0.2, 0) is 18.3 Å². The average Bonchev–Trinajstić information content (AvgIpc) is 2.45. The number of carbonyl (C=O) groups excluding carboxylic acids is 1. The molecule has 1 rings (SSSR count). The highest BCUT2D eigenvalue weighted by Crippen LogP contribution is 2.56. The first-order chi connectivity index (χ1) is 9.94. The highest BCUT2D eigenvalue weighted by atomic mass is 31.2. The second kappa shape index (κ2) is 8.32. The van der Waals surface area contributed by atoms with E-state index in [0.29, 0.717) is 5.56 Å². The van der Waals surface area contributed by atoms with Crippen LogP contribution < -0.4 is 0 Å².